The van der Waals surface area contributed by atoms with E-state index in [1.165, 1.54) is 11.2 Å². The number of H-pyrrole nitrogens is 1. The van der Waals surface area contributed by atoms with Crippen molar-refractivity contribution in [2.45, 2.75) is 18.9 Å². The van der Waals surface area contributed by atoms with E-state index >= 15 is 8.78 Å². The SMILES string of the molecule is O=C1/C(=C/c2ccccc2)[C@H](c2c(F)cc(OCCC(F)F)cc2F)N1c1ccc2[nH]cnc2c1. The van der Waals surface area contributed by atoms with Crippen LogP contribution in [0.4, 0.5) is 23.2 Å². The van der Waals surface area contributed by atoms with E-state index in [2.05, 4.69) is 9.97 Å². The number of fused-ring (bicyclic) bond motifs is 1. The minimum atomic E-state index is -2.59. The second-order valence-corrected chi connectivity index (χ2v) is 8.02. The molecule has 178 valence electrons. The molecule has 5 nitrogen and oxygen atoms in total. The molecular formula is C26H19F4N3O2. The van der Waals surface area contributed by atoms with Crippen LogP contribution >= 0.6 is 0 Å². The fourth-order valence-corrected chi connectivity index (χ4v) is 4.11. The third-order valence-electron chi connectivity index (χ3n) is 5.75. The van der Waals surface area contributed by atoms with E-state index in [-0.39, 0.29) is 23.5 Å². The molecule has 35 heavy (non-hydrogen) atoms. The number of rotatable bonds is 7. The number of anilines is 1. The van der Waals surface area contributed by atoms with Crippen molar-refractivity contribution in [1.29, 1.82) is 0 Å². The van der Waals surface area contributed by atoms with Gasteiger partial charge >= 0.3 is 0 Å². The summed E-state index contributed by atoms with van der Waals surface area (Å²) in [5.41, 5.74) is 2.36. The molecule has 1 aliphatic heterocycles. The number of benzene rings is 3. The lowest BCUT2D eigenvalue weighted by Crippen LogP contribution is -2.50. The average molecular weight is 481 g/mol. The van der Waals surface area contributed by atoms with E-state index in [9.17, 15) is 13.6 Å². The van der Waals surface area contributed by atoms with Gasteiger partial charge in [0.25, 0.3) is 5.91 Å². The first-order valence-corrected chi connectivity index (χ1v) is 10.9. The number of imidazole rings is 1. The Morgan fingerprint density at radius 2 is 1.80 bits per heavy atom. The largest absolute Gasteiger partial charge is 0.493 e. The first-order valence-electron chi connectivity index (χ1n) is 10.9. The van der Waals surface area contributed by atoms with E-state index in [1.807, 2.05) is 6.07 Å². The number of carbonyl (C=O) groups excluding carboxylic acids is 1. The summed E-state index contributed by atoms with van der Waals surface area (Å²) in [6.07, 6.45) is -0.0367. The van der Waals surface area contributed by atoms with Crippen LogP contribution in [0, 0.1) is 11.6 Å². The molecular weight excluding hydrogens is 462 g/mol. The van der Waals surface area contributed by atoms with Gasteiger partial charge in [0.15, 0.2) is 0 Å². The number of halogens is 4. The Hall–Kier alpha value is -4.14. The molecule has 0 spiro atoms. The molecule has 9 heteroatoms. The molecule has 1 N–H and O–H groups in total. The van der Waals surface area contributed by atoms with Gasteiger partial charge in [0.1, 0.15) is 17.4 Å². The van der Waals surface area contributed by atoms with Crippen molar-refractivity contribution in [1.82, 2.24) is 9.97 Å². The van der Waals surface area contributed by atoms with Crippen molar-refractivity contribution >= 4 is 28.7 Å². The van der Waals surface area contributed by atoms with Gasteiger partial charge in [0.05, 0.1) is 35.6 Å². The average Bonchev–Trinajstić information content (AvgIpc) is 3.30. The Balaban J connectivity index is 1.56. The number of ether oxygens (including phenoxy) is 1. The predicted molar refractivity (Wildman–Crippen MR) is 123 cm³/mol. The van der Waals surface area contributed by atoms with Gasteiger partial charge in [-0.15, -0.1) is 0 Å². The van der Waals surface area contributed by atoms with Crippen molar-refractivity contribution in [3.05, 3.63) is 95.3 Å². The molecule has 1 saturated heterocycles. The van der Waals surface area contributed by atoms with Crippen LogP contribution in [0.25, 0.3) is 17.1 Å². The molecule has 4 aromatic rings. The van der Waals surface area contributed by atoms with Crippen LogP contribution in [-0.2, 0) is 4.79 Å². The molecule has 5 rings (SSSR count). The molecule has 0 aliphatic carbocycles. The van der Waals surface area contributed by atoms with Gasteiger partial charge in [-0.25, -0.2) is 22.5 Å². The fourth-order valence-electron chi connectivity index (χ4n) is 4.11. The third-order valence-corrected chi connectivity index (χ3v) is 5.75. The molecule has 2 heterocycles. The molecule has 1 amide bonds. The van der Waals surface area contributed by atoms with Gasteiger partial charge in [-0.3, -0.25) is 9.69 Å². The van der Waals surface area contributed by atoms with Crippen LogP contribution in [0.2, 0.25) is 0 Å². The zero-order valence-electron chi connectivity index (χ0n) is 18.2. The quantitative estimate of drug-likeness (QED) is 0.199. The highest BCUT2D eigenvalue weighted by atomic mass is 19.3. The van der Waals surface area contributed by atoms with Gasteiger partial charge in [-0.05, 0) is 29.8 Å². The zero-order valence-corrected chi connectivity index (χ0v) is 18.2. The monoisotopic (exact) mass is 481 g/mol. The minimum Gasteiger partial charge on any atom is -0.493 e. The number of hydrogen-bond acceptors (Lipinski definition) is 3. The summed E-state index contributed by atoms with van der Waals surface area (Å²) in [6, 6.07) is 14.9. The van der Waals surface area contributed by atoms with E-state index in [0.29, 0.717) is 16.8 Å². The number of amides is 1. The Labute approximate surface area is 197 Å². The van der Waals surface area contributed by atoms with Crippen LogP contribution < -0.4 is 9.64 Å². The van der Waals surface area contributed by atoms with E-state index in [0.717, 1.165) is 17.6 Å². The third kappa shape index (κ3) is 4.37. The second-order valence-electron chi connectivity index (χ2n) is 8.02. The lowest BCUT2D eigenvalue weighted by atomic mass is 9.85. The number of hydrogen-bond donors (Lipinski definition) is 1. The second kappa shape index (κ2) is 9.25. The zero-order chi connectivity index (χ0) is 24.5. The fraction of sp³-hybridized carbons (Fsp3) is 0.154. The van der Waals surface area contributed by atoms with Gasteiger partial charge in [0.2, 0.25) is 6.43 Å². The summed E-state index contributed by atoms with van der Waals surface area (Å²) >= 11 is 0. The van der Waals surface area contributed by atoms with Crippen molar-refractivity contribution in [2.75, 3.05) is 11.5 Å². The summed E-state index contributed by atoms with van der Waals surface area (Å²) < 4.78 is 60.4. The number of aromatic nitrogens is 2. The maximum absolute atomic E-state index is 15.2. The first kappa shape index (κ1) is 22.6. The molecule has 0 unspecified atom stereocenters. The van der Waals surface area contributed by atoms with Crippen molar-refractivity contribution in [3.8, 4) is 5.75 Å². The maximum atomic E-state index is 15.2. The number of β-lactam (4-membered cyclic amide) rings is 1. The van der Waals surface area contributed by atoms with Crippen LogP contribution in [-0.4, -0.2) is 28.9 Å². The topological polar surface area (TPSA) is 58.2 Å². The van der Waals surface area contributed by atoms with Crippen molar-refractivity contribution < 1.29 is 27.1 Å². The lowest BCUT2D eigenvalue weighted by molar-refractivity contribution is -0.118. The van der Waals surface area contributed by atoms with Crippen LogP contribution in [0.15, 0.2) is 72.6 Å². The minimum absolute atomic E-state index is 0.201. The molecule has 1 atom stereocenters. The summed E-state index contributed by atoms with van der Waals surface area (Å²) in [4.78, 5) is 21.7. The summed E-state index contributed by atoms with van der Waals surface area (Å²) in [5, 5.41) is 0. The molecule has 0 saturated carbocycles. The number of aromatic amines is 1. The maximum Gasteiger partial charge on any atom is 0.257 e. The Bertz CT molecular complexity index is 1400. The normalized spacial score (nSPS) is 16.8. The molecule has 3 aromatic carbocycles. The lowest BCUT2D eigenvalue weighted by Gasteiger charge is -2.43. The van der Waals surface area contributed by atoms with Crippen LogP contribution in [0.5, 0.6) is 5.75 Å². The predicted octanol–water partition coefficient (Wildman–Crippen LogP) is 6.05. The van der Waals surface area contributed by atoms with Crippen LogP contribution in [0.1, 0.15) is 23.6 Å². The number of alkyl halides is 2. The van der Waals surface area contributed by atoms with Gasteiger partial charge in [-0.2, -0.15) is 0 Å². The van der Waals surface area contributed by atoms with E-state index < -0.39 is 36.4 Å². The Morgan fingerprint density at radius 3 is 2.51 bits per heavy atom. The highest BCUT2D eigenvalue weighted by Gasteiger charge is 2.46. The standard InChI is InChI=1S/C26H19F4N3O2/c27-19-12-17(35-9-8-23(29)30)13-20(28)24(19)25-18(10-15-4-2-1-3-5-15)26(34)33(25)16-6-7-21-22(11-16)32-14-31-21/h1-7,10-14,23,25H,8-9H2,(H,31,32)/b18-10+/t25-/m1/s1. The smallest absolute Gasteiger partial charge is 0.257 e. The Morgan fingerprint density at radius 1 is 1.06 bits per heavy atom. The molecule has 1 aromatic heterocycles. The van der Waals surface area contributed by atoms with Crippen molar-refractivity contribution in [2.24, 2.45) is 0 Å². The van der Waals surface area contributed by atoms with Crippen LogP contribution in [0.3, 0.4) is 0 Å². The molecule has 1 fully saturated rings. The van der Waals surface area contributed by atoms with E-state index in [4.69, 9.17) is 4.74 Å². The summed E-state index contributed by atoms with van der Waals surface area (Å²) in [7, 11) is 0. The highest BCUT2D eigenvalue weighted by Crippen LogP contribution is 2.46. The number of carbonyl (C=O) groups is 1. The Kier molecular flexibility index (Phi) is 5.98. The van der Waals surface area contributed by atoms with Gasteiger partial charge in [-0.1, -0.05) is 30.3 Å². The summed E-state index contributed by atoms with van der Waals surface area (Å²) in [5.74, 6) is -2.49. The highest BCUT2D eigenvalue weighted by molar-refractivity contribution is 6.18. The number of nitrogens with zero attached hydrogens (tertiary/aromatic N) is 2. The molecule has 0 radical (unpaired) electrons. The van der Waals surface area contributed by atoms with Gasteiger partial charge < -0.3 is 9.72 Å². The van der Waals surface area contributed by atoms with E-state index in [1.54, 1.807) is 48.5 Å². The first-order chi connectivity index (χ1) is 16.9. The molecule has 0 bridgehead atoms. The molecule has 1 aliphatic rings. The summed E-state index contributed by atoms with van der Waals surface area (Å²) in [6.45, 7) is -0.382. The van der Waals surface area contributed by atoms with Crippen molar-refractivity contribution in [3.63, 3.8) is 0 Å². The van der Waals surface area contributed by atoms with Gasteiger partial charge in [0, 0.05) is 29.8 Å². The number of nitrogens with one attached hydrogen (secondary N) is 1.